The number of nitrogens with two attached hydrogens (primary N) is 1. The molecule has 6 nitrogen and oxygen atoms in total. The van der Waals surface area contributed by atoms with Crippen LogP contribution in [0.2, 0.25) is 0 Å². The van der Waals surface area contributed by atoms with E-state index in [1.807, 2.05) is 0 Å². The van der Waals surface area contributed by atoms with Gasteiger partial charge < -0.3 is 11.1 Å². The summed E-state index contributed by atoms with van der Waals surface area (Å²) in [5, 5.41) is 3.01. The van der Waals surface area contributed by atoms with Crippen molar-refractivity contribution >= 4 is 30.1 Å². The van der Waals surface area contributed by atoms with E-state index in [1.54, 1.807) is 12.1 Å². The van der Waals surface area contributed by atoms with Crippen molar-refractivity contribution in [1.29, 1.82) is 0 Å². The van der Waals surface area contributed by atoms with Crippen LogP contribution in [-0.4, -0.2) is 42.3 Å². The first kappa shape index (κ1) is 19.4. The second-order valence-electron chi connectivity index (χ2n) is 6.64. The summed E-state index contributed by atoms with van der Waals surface area (Å²) >= 11 is 0. The van der Waals surface area contributed by atoms with E-state index in [0.29, 0.717) is 23.6 Å². The summed E-state index contributed by atoms with van der Waals surface area (Å²) in [5.41, 5.74) is 6.88. The minimum absolute atomic E-state index is 0. The van der Waals surface area contributed by atoms with Crippen LogP contribution in [0.1, 0.15) is 63.2 Å². The number of nitrogens with one attached hydrogen (secondary N) is 1. The Labute approximate surface area is 153 Å². The van der Waals surface area contributed by atoms with Gasteiger partial charge in [0.15, 0.2) is 0 Å². The van der Waals surface area contributed by atoms with Crippen LogP contribution in [0.15, 0.2) is 18.2 Å². The van der Waals surface area contributed by atoms with Gasteiger partial charge in [-0.3, -0.25) is 19.3 Å². The maximum absolute atomic E-state index is 12.5. The van der Waals surface area contributed by atoms with Crippen LogP contribution in [0.5, 0.6) is 0 Å². The fourth-order valence-corrected chi connectivity index (χ4v) is 3.66. The number of nitrogens with zero attached hydrogens (tertiary/aromatic N) is 1. The highest BCUT2D eigenvalue weighted by Gasteiger charge is 2.33. The van der Waals surface area contributed by atoms with Gasteiger partial charge in [0.25, 0.3) is 17.7 Å². The molecule has 136 valence electrons. The minimum atomic E-state index is -0.368. The number of carbonyl (C=O) groups is 3. The van der Waals surface area contributed by atoms with E-state index >= 15 is 0 Å². The van der Waals surface area contributed by atoms with Gasteiger partial charge in [0.2, 0.25) is 0 Å². The summed E-state index contributed by atoms with van der Waals surface area (Å²) in [4.78, 5) is 37.6. The van der Waals surface area contributed by atoms with Crippen LogP contribution in [0, 0.1) is 5.92 Å². The Bertz CT molecular complexity index is 686. The van der Waals surface area contributed by atoms with Gasteiger partial charge in [0.1, 0.15) is 0 Å². The second-order valence-corrected chi connectivity index (χ2v) is 6.64. The highest BCUT2D eigenvalue weighted by atomic mass is 35.5. The first-order chi connectivity index (χ1) is 11.5. The summed E-state index contributed by atoms with van der Waals surface area (Å²) < 4.78 is 0. The van der Waals surface area contributed by atoms with Crippen LogP contribution in [0.3, 0.4) is 0 Å². The molecular weight excluding hydrogens is 342 g/mol. The molecule has 0 spiro atoms. The van der Waals surface area contributed by atoms with Crippen molar-refractivity contribution in [2.75, 3.05) is 13.6 Å². The predicted octanol–water partition coefficient (Wildman–Crippen LogP) is 1.97. The van der Waals surface area contributed by atoms with E-state index in [9.17, 15) is 14.4 Å². The van der Waals surface area contributed by atoms with Crippen molar-refractivity contribution in [3.8, 4) is 0 Å². The van der Waals surface area contributed by atoms with Gasteiger partial charge >= 0.3 is 0 Å². The quantitative estimate of drug-likeness (QED) is 0.798. The molecule has 0 saturated heterocycles. The Kier molecular flexibility index (Phi) is 6.19. The van der Waals surface area contributed by atoms with Crippen LogP contribution in [0.25, 0.3) is 0 Å². The highest BCUT2D eigenvalue weighted by molar-refractivity contribution is 6.21. The maximum Gasteiger partial charge on any atom is 0.261 e. The van der Waals surface area contributed by atoms with E-state index in [0.717, 1.165) is 17.7 Å². The van der Waals surface area contributed by atoms with Gasteiger partial charge in [0, 0.05) is 25.2 Å². The number of hydrogen-bond acceptors (Lipinski definition) is 4. The van der Waals surface area contributed by atoms with Crippen molar-refractivity contribution in [1.82, 2.24) is 10.2 Å². The molecule has 1 unspecified atom stereocenters. The van der Waals surface area contributed by atoms with Crippen molar-refractivity contribution < 1.29 is 14.4 Å². The number of hydrogen-bond donors (Lipinski definition) is 2. The zero-order valence-corrected chi connectivity index (χ0v) is 15.1. The number of halogens is 1. The number of benzene rings is 1. The third-order valence-electron chi connectivity index (χ3n) is 5.14. The second kappa shape index (κ2) is 7.97. The lowest BCUT2D eigenvalue weighted by molar-refractivity contribution is 0.0693. The summed E-state index contributed by atoms with van der Waals surface area (Å²) in [6, 6.07) is 4.59. The molecule has 1 aliphatic heterocycles. The van der Waals surface area contributed by atoms with Crippen LogP contribution in [-0.2, 0) is 0 Å². The fourth-order valence-electron chi connectivity index (χ4n) is 3.66. The Morgan fingerprint density at radius 2 is 1.84 bits per heavy atom. The van der Waals surface area contributed by atoms with E-state index in [-0.39, 0.29) is 41.7 Å². The Morgan fingerprint density at radius 3 is 2.48 bits per heavy atom. The predicted molar refractivity (Wildman–Crippen MR) is 97.0 cm³/mol. The molecule has 1 heterocycles. The molecule has 7 heteroatoms. The minimum Gasteiger partial charge on any atom is -0.348 e. The molecule has 1 saturated carbocycles. The topological polar surface area (TPSA) is 92.5 Å². The van der Waals surface area contributed by atoms with E-state index in [4.69, 9.17) is 5.73 Å². The highest BCUT2D eigenvalue weighted by Crippen LogP contribution is 2.27. The number of carbonyl (C=O) groups excluding carboxylic acids is 3. The molecular formula is C18H24ClN3O3. The zero-order chi connectivity index (χ0) is 17.3. The van der Waals surface area contributed by atoms with Crippen LogP contribution >= 0.6 is 12.4 Å². The molecule has 0 radical (unpaired) electrons. The standard InChI is InChI=1S/C18H23N3O3.ClH/c1-21-17(23)13-8-7-12(9-14(13)18(21)24)16(22)20-15(10-19)11-5-3-2-4-6-11;/h7-9,11,15H,2-6,10,19H2,1H3,(H,20,22);1H. The fraction of sp³-hybridized carbons (Fsp3) is 0.500. The number of amides is 3. The molecule has 3 amide bonds. The molecule has 3 rings (SSSR count). The van der Waals surface area contributed by atoms with Crippen molar-refractivity contribution in [2.45, 2.75) is 38.1 Å². The largest absolute Gasteiger partial charge is 0.348 e. The van der Waals surface area contributed by atoms with Gasteiger partial charge in [-0.15, -0.1) is 12.4 Å². The lowest BCUT2D eigenvalue weighted by atomic mass is 9.84. The van der Waals surface area contributed by atoms with E-state index in [2.05, 4.69) is 5.32 Å². The van der Waals surface area contributed by atoms with Gasteiger partial charge in [-0.05, 0) is 37.0 Å². The maximum atomic E-state index is 12.5. The van der Waals surface area contributed by atoms with Crippen molar-refractivity contribution in [3.63, 3.8) is 0 Å². The van der Waals surface area contributed by atoms with Crippen molar-refractivity contribution in [3.05, 3.63) is 34.9 Å². The van der Waals surface area contributed by atoms with Crippen molar-refractivity contribution in [2.24, 2.45) is 11.7 Å². The van der Waals surface area contributed by atoms with E-state index in [1.165, 1.54) is 32.4 Å². The van der Waals surface area contributed by atoms with Gasteiger partial charge in [-0.2, -0.15) is 0 Å². The number of fused-ring (bicyclic) bond motifs is 1. The number of rotatable bonds is 4. The smallest absolute Gasteiger partial charge is 0.261 e. The summed E-state index contributed by atoms with van der Waals surface area (Å²) in [7, 11) is 1.44. The molecule has 2 aliphatic rings. The first-order valence-corrected chi connectivity index (χ1v) is 8.50. The third kappa shape index (κ3) is 3.70. The van der Waals surface area contributed by atoms with E-state index < -0.39 is 0 Å². The molecule has 1 fully saturated rings. The summed E-state index contributed by atoms with van der Waals surface area (Å²) in [6.07, 6.45) is 5.78. The first-order valence-electron chi connectivity index (χ1n) is 8.50. The van der Waals surface area contributed by atoms with Gasteiger partial charge in [-0.1, -0.05) is 19.3 Å². The molecule has 1 aromatic carbocycles. The van der Waals surface area contributed by atoms with Crippen LogP contribution in [0.4, 0.5) is 0 Å². The zero-order valence-electron chi connectivity index (χ0n) is 14.3. The SMILES string of the molecule is CN1C(=O)c2ccc(C(=O)NC(CN)C3CCCCC3)cc2C1=O.Cl. The summed E-state index contributed by atoms with van der Waals surface area (Å²) in [6.45, 7) is 0.404. The Morgan fingerprint density at radius 1 is 1.20 bits per heavy atom. The lowest BCUT2D eigenvalue weighted by Gasteiger charge is -2.30. The average molecular weight is 366 g/mol. The molecule has 1 aliphatic carbocycles. The molecule has 1 atom stereocenters. The third-order valence-corrected chi connectivity index (χ3v) is 5.14. The van der Waals surface area contributed by atoms with Gasteiger partial charge in [-0.25, -0.2) is 0 Å². The molecule has 0 bridgehead atoms. The molecule has 1 aromatic rings. The normalized spacial score (nSPS) is 18.6. The Balaban J connectivity index is 0.00000225. The van der Waals surface area contributed by atoms with Crippen LogP contribution < -0.4 is 11.1 Å². The molecule has 3 N–H and O–H groups in total. The molecule has 25 heavy (non-hydrogen) atoms. The van der Waals surface area contributed by atoms with Gasteiger partial charge in [0.05, 0.1) is 11.1 Å². The Hall–Kier alpha value is -1.92. The lowest BCUT2D eigenvalue weighted by Crippen LogP contribution is -2.45. The summed E-state index contributed by atoms with van der Waals surface area (Å²) in [5.74, 6) is -0.526. The monoisotopic (exact) mass is 365 g/mol. The number of imide groups is 1. The molecule has 0 aromatic heterocycles. The average Bonchev–Trinajstić information content (AvgIpc) is 2.84.